The van der Waals surface area contributed by atoms with E-state index in [-0.39, 0.29) is 30.8 Å². The maximum absolute atomic E-state index is 11.5. The third-order valence-corrected chi connectivity index (χ3v) is 2.98. The number of carbonyl (C=O) groups excluding carboxylic acids is 2. The number of nitrogens with two attached hydrogens (primary N) is 1. The molecule has 0 aromatic carbocycles. The van der Waals surface area contributed by atoms with Gasteiger partial charge in [-0.15, -0.1) is 23.7 Å². The number of halogens is 1. The van der Waals surface area contributed by atoms with Crippen LogP contribution in [-0.4, -0.2) is 31.4 Å². The highest BCUT2D eigenvalue weighted by Gasteiger charge is 2.07. The number of amides is 2. The molecule has 0 aliphatic rings. The average Bonchev–Trinajstić information content (AvgIpc) is 2.85. The minimum Gasteiger partial charge on any atom is -0.355 e. The van der Waals surface area contributed by atoms with Crippen LogP contribution in [0.4, 0.5) is 0 Å². The highest BCUT2D eigenvalue weighted by molar-refractivity contribution is 7.12. The van der Waals surface area contributed by atoms with Crippen molar-refractivity contribution in [3.8, 4) is 0 Å². The zero-order chi connectivity index (χ0) is 12.5. The van der Waals surface area contributed by atoms with Crippen molar-refractivity contribution < 1.29 is 9.59 Å². The molecule has 1 heterocycles. The Morgan fingerprint density at radius 1 is 1.28 bits per heavy atom. The molecule has 0 atom stereocenters. The number of unbranched alkanes of at least 4 members (excludes halogenated alkanes) is 1. The Bertz CT molecular complexity index is 357. The molecule has 0 saturated heterocycles. The largest absolute Gasteiger partial charge is 0.355 e. The van der Waals surface area contributed by atoms with Crippen molar-refractivity contribution in [2.24, 2.45) is 5.73 Å². The molecule has 4 N–H and O–H groups in total. The molecule has 2 amide bonds. The molecule has 0 aliphatic heterocycles. The van der Waals surface area contributed by atoms with E-state index < -0.39 is 0 Å². The quantitative estimate of drug-likeness (QED) is 0.648. The summed E-state index contributed by atoms with van der Waals surface area (Å²) in [6, 6.07) is 3.52. The van der Waals surface area contributed by atoms with Crippen LogP contribution in [0, 0.1) is 0 Å². The summed E-state index contributed by atoms with van der Waals surface area (Å²) < 4.78 is 0. The van der Waals surface area contributed by atoms with Crippen LogP contribution in [0.25, 0.3) is 0 Å². The molecule has 18 heavy (non-hydrogen) atoms. The van der Waals surface area contributed by atoms with Crippen molar-refractivity contribution >= 4 is 35.6 Å². The Labute approximate surface area is 117 Å². The Morgan fingerprint density at radius 3 is 2.67 bits per heavy atom. The van der Waals surface area contributed by atoms with Crippen LogP contribution in [0.15, 0.2) is 17.5 Å². The Hall–Kier alpha value is -1.11. The van der Waals surface area contributed by atoms with Crippen LogP contribution in [0.2, 0.25) is 0 Å². The minimum absolute atomic E-state index is 0. The first-order valence-corrected chi connectivity index (χ1v) is 6.40. The standard InChI is InChI=1S/C11H17N3O2S.ClH/c12-5-1-2-6-13-10(15)8-14-11(16)9-4-3-7-17-9;/h3-4,7H,1-2,5-6,8,12H2,(H,13,15)(H,14,16);1H. The first-order chi connectivity index (χ1) is 8.24. The average molecular weight is 292 g/mol. The summed E-state index contributed by atoms with van der Waals surface area (Å²) >= 11 is 1.35. The molecule has 0 saturated carbocycles. The van der Waals surface area contributed by atoms with E-state index in [9.17, 15) is 9.59 Å². The summed E-state index contributed by atoms with van der Waals surface area (Å²) in [7, 11) is 0. The van der Waals surface area contributed by atoms with Crippen molar-refractivity contribution in [3.05, 3.63) is 22.4 Å². The summed E-state index contributed by atoms with van der Waals surface area (Å²) in [5.41, 5.74) is 5.33. The van der Waals surface area contributed by atoms with Crippen LogP contribution in [0.5, 0.6) is 0 Å². The molecular weight excluding hydrogens is 274 g/mol. The van der Waals surface area contributed by atoms with Crippen molar-refractivity contribution in [1.82, 2.24) is 10.6 Å². The first-order valence-electron chi connectivity index (χ1n) is 5.52. The van der Waals surface area contributed by atoms with Crippen LogP contribution in [0.3, 0.4) is 0 Å². The Kier molecular flexibility index (Phi) is 9.26. The van der Waals surface area contributed by atoms with Crippen LogP contribution < -0.4 is 16.4 Å². The van der Waals surface area contributed by atoms with Gasteiger partial charge in [0.1, 0.15) is 0 Å². The lowest BCUT2D eigenvalue weighted by Crippen LogP contribution is -2.37. The maximum atomic E-state index is 11.5. The highest BCUT2D eigenvalue weighted by atomic mass is 35.5. The molecule has 0 radical (unpaired) electrons. The van der Waals surface area contributed by atoms with Gasteiger partial charge >= 0.3 is 0 Å². The second kappa shape index (κ2) is 9.87. The van der Waals surface area contributed by atoms with Crippen molar-refractivity contribution in [2.75, 3.05) is 19.6 Å². The molecule has 0 unspecified atom stereocenters. The lowest BCUT2D eigenvalue weighted by molar-refractivity contribution is -0.120. The van der Waals surface area contributed by atoms with E-state index in [1.54, 1.807) is 12.1 Å². The zero-order valence-electron chi connectivity index (χ0n) is 9.98. The van der Waals surface area contributed by atoms with Gasteiger partial charge in [0.2, 0.25) is 5.91 Å². The fraction of sp³-hybridized carbons (Fsp3) is 0.455. The van der Waals surface area contributed by atoms with Gasteiger partial charge in [-0.1, -0.05) is 6.07 Å². The monoisotopic (exact) mass is 291 g/mol. The predicted molar refractivity (Wildman–Crippen MR) is 75.2 cm³/mol. The summed E-state index contributed by atoms with van der Waals surface area (Å²) in [5.74, 6) is -0.385. The molecule has 1 aromatic heterocycles. The predicted octanol–water partition coefficient (Wildman–Crippen LogP) is 0.755. The highest BCUT2D eigenvalue weighted by Crippen LogP contribution is 2.07. The first kappa shape index (κ1) is 16.9. The van der Waals surface area contributed by atoms with E-state index >= 15 is 0 Å². The number of thiophene rings is 1. The van der Waals surface area contributed by atoms with Gasteiger partial charge in [-0.25, -0.2) is 0 Å². The molecule has 1 rings (SSSR count). The number of rotatable bonds is 7. The van der Waals surface area contributed by atoms with Crippen LogP contribution in [0.1, 0.15) is 22.5 Å². The Balaban J connectivity index is 0.00000289. The number of nitrogens with one attached hydrogen (secondary N) is 2. The van der Waals surface area contributed by atoms with Crippen LogP contribution >= 0.6 is 23.7 Å². The van der Waals surface area contributed by atoms with Gasteiger partial charge in [-0.05, 0) is 30.8 Å². The smallest absolute Gasteiger partial charge is 0.261 e. The van der Waals surface area contributed by atoms with E-state index in [0.717, 1.165) is 12.8 Å². The summed E-state index contributed by atoms with van der Waals surface area (Å²) in [5, 5.41) is 7.09. The fourth-order valence-electron chi connectivity index (χ4n) is 1.22. The summed E-state index contributed by atoms with van der Waals surface area (Å²) in [4.78, 5) is 23.4. The third kappa shape index (κ3) is 6.58. The minimum atomic E-state index is -0.211. The zero-order valence-corrected chi connectivity index (χ0v) is 11.6. The van der Waals surface area contributed by atoms with Gasteiger partial charge in [0, 0.05) is 6.54 Å². The SMILES string of the molecule is Cl.NCCCCNC(=O)CNC(=O)c1cccs1. The van der Waals surface area contributed by atoms with Gasteiger partial charge < -0.3 is 16.4 Å². The fourth-order valence-corrected chi connectivity index (χ4v) is 1.86. The van der Waals surface area contributed by atoms with E-state index in [4.69, 9.17) is 5.73 Å². The normalized spacial score (nSPS) is 9.39. The molecule has 5 nitrogen and oxygen atoms in total. The molecule has 102 valence electrons. The maximum Gasteiger partial charge on any atom is 0.261 e. The number of carbonyl (C=O) groups is 2. The number of hydrogen-bond donors (Lipinski definition) is 3. The molecule has 0 spiro atoms. The van der Waals surface area contributed by atoms with E-state index in [2.05, 4.69) is 10.6 Å². The van der Waals surface area contributed by atoms with Gasteiger partial charge in [-0.2, -0.15) is 0 Å². The lowest BCUT2D eigenvalue weighted by Gasteiger charge is -2.05. The second-order valence-electron chi connectivity index (χ2n) is 3.51. The van der Waals surface area contributed by atoms with Gasteiger partial charge in [0.05, 0.1) is 11.4 Å². The number of hydrogen-bond acceptors (Lipinski definition) is 4. The lowest BCUT2D eigenvalue weighted by atomic mass is 10.3. The van der Waals surface area contributed by atoms with Gasteiger partial charge in [-0.3, -0.25) is 9.59 Å². The van der Waals surface area contributed by atoms with Gasteiger partial charge in [0.25, 0.3) is 5.91 Å². The van der Waals surface area contributed by atoms with E-state index in [0.29, 0.717) is 18.0 Å². The summed E-state index contributed by atoms with van der Waals surface area (Å²) in [6.07, 6.45) is 1.75. The molecule has 0 aliphatic carbocycles. The molecule has 1 aromatic rings. The van der Waals surface area contributed by atoms with Gasteiger partial charge in [0.15, 0.2) is 0 Å². The van der Waals surface area contributed by atoms with E-state index in [1.165, 1.54) is 11.3 Å². The Morgan fingerprint density at radius 2 is 2.06 bits per heavy atom. The van der Waals surface area contributed by atoms with Crippen LogP contribution in [-0.2, 0) is 4.79 Å². The second-order valence-corrected chi connectivity index (χ2v) is 4.45. The molecule has 7 heteroatoms. The molecule has 0 bridgehead atoms. The summed E-state index contributed by atoms with van der Waals surface area (Å²) in [6.45, 7) is 1.25. The van der Waals surface area contributed by atoms with Crippen molar-refractivity contribution in [3.63, 3.8) is 0 Å². The van der Waals surface area contributed by atoms with Crippen molar-refractivity contribution in [2.45, 2.75) is 12.8 Å². The van der Waals surface area contributed by atoms with E-state index in [1.807, 2.05) is 5.38 Å². The topological polar surface area (TPSA) is 84.2 Å². The molecule has 0 fully saturated rings. The van der Waals surface area contributed by atoms with Crippen molar-refractivity contribution in [1.29, 1.82) is 0 Å². The third-order valence-electron chi connectivity index (χ3n) is 2.11. The molecular formula is C11H18ClN3O2S.